The largest absolute Gasteiger partial charge is 1.00 e. The zero-order chi connectivity index (χ0) is 11.5. The fraction of sp³-hybridized carbons (Fsp3) is 0.417. The van der Waals surface area contributed by atoms with Crippen LogP contribution in [0.15, 0.2) is 30.3 Å². The quantitative estimate of drug-likeness (QED) is 0.413. The minimum Gasteiger partial charge on any atom is -0.548 e. The number of carboxylic acids is 1. The van der Waals surface area contributed by atoms with Crippen molar-refractivity contribution >= 4 is 5.97 Å². The molecule has 0 amide bonds. The van der Waals surface area contributed by atoms with E-state index in [1.165, 1.54) is 0 Å². The molecule has 1 aliphatic heterocycles. The summed E-state index contributed by atoms with van der Waals surface area (Å²) in [5.41, 5.74) is 1.08. The fourth-order valence-electron chi connectivity index (χ4n) is 1.92. The van der Waals surface area contributed by atoms with E-state index in [2.05, 4.69) is 0 Å². The van der Waals surface area contributed by atoms with E-state index in [4.69, 9.17) is 4.74 Å². The van der Waals surface area contributed by atoms with Crippen LogP contribution in [-0.2, 0) is 9.53 Å². The van der Waals surface area contributed by atoms with Gasteiger partial charge in [0.25, 0.3) is 0 Å². The van der Waals surface area contributed by atoms with Crippen LogP contribution in [0.4, 0.5) is 0 Å². The molecule has 0 radical (unpaired) electrons. The molecule has 4 nitrogen and oxygen atoms in total. The zero-order valence-electron chi connectivity index (χ0n) is 10.1. The van der Waals surface area contributed by atoms with E-state index >= 15 is 0 Å². The van der Waals surface area contributed by atoms with Crippen molar-refractivity contribution in [3.63, 3.8) is 0 Å². The van der Waals surface area contributed by atoms with Gasteiger partial charge in [-0.3, -0.25) is 4.90 Å². The van der Waals surface area contributed by atoms with Crippen molar-refractivity contribution in [2.75, 3.05) is 20.3 Å². The molecule has 0 aliphatic carbocycles. The molecule has 0 aromatic heterocycles. The zero-order valence-corrected chi connectivity index (χ0v) is 13.3. The Hall–Kier alpha value is 0.246. The van der Waals surface area contributed by atoms with Gasteiger partial charge in [-0.2, -0.15) is 0 Å². The molecule has 0 N–H and O–H groups in total. The maximum atomic E-state index is 10.7. The minimum atomic E-state index is -1.00. The second-order valence-electron chi connectivity index (χ2n) is 3.91. The van der Waals surface area contributed by atoms with Crippen molar-refractivity contribution in [1.29, 1.82) is 0 Å². The van der Waals surface area contributed by atoms with Crippen LogP contribution in [0.2, 0.25) is 0 Å². The molecule has 1 aliphatic rings. The van der Waals surface area contributed by atoms with E-state index in [0.717, 1.165) is 5.56 Å². The van der Waals surface area contributed by atoms with Gasteiger partial charge >= 0.3 is 51.4 Å². The number of hydrogen-bond acceptors (Lipinski definition) is 4. The molecule has 0 saturated carbocycles. The van der Waals surface area contributed by atoms with Crippen LogP contribution >= 0.6 is 0 Å². The van der Waals surface area contributed by atoms with Crippen molar-refractivity contribution in [3.05, 3.63) is 35.9 Å². The number of rotatable bonds is 5. The average molecular weight is 259 g/mol. The predicted molar refractivity (Wildman–Crippen MR) is 56.6 cm³/mol. The molecule has 1 fully saturated rings. The third kappa shape index (κ3) is 3.85. The molecule has 2 rings (SSSR count). The Morgan fingerprint density at radius 2 is 2.18 bits per heavy atom. The number of aliphatic carboxylic acids is 1. The molecule has 1 unspecified atom stereocenters. The summed E-state index contributed by atoms with van der Waals surface area (Å²) in [7, 11) is 1.62. The molecule has 3 atom stereocenters. The van der Waals surface area contributed by atoms with E-state index in [9.17, 15) is 9.90 Å². The maximum absolute atomic E-state index is 10.7. The molecule has 5 heteroatoms. The molecule has 1 saturated heterocycles. The maximum Gasteiger partial charge on any atom is 1.00 e. The first kappa shape index (κ1) is 15.3. The van der Waals surface area contributed by atoms with Gasteiger partial charge in [0.1, 0.15) is 0 Å². The van der Waals surface area contributed by atoms with E-state index < -0.39 is 12.0 Å². The third-order valence-electron chi connectivity index (χ3n) is 2.83. The van der Waals surface area contributed by atoms with Crippen LogP contribution < -0.4 is 56.5 Å². The first-order valence-electron chi connectivity index (χ1n) is 5.24. The van der Waals surface area contributed by atoms with Gasteiger partial charge in [-0.25, -0.2) is 0 Å². The van der Waals surface area contributed by atoms with Gasteiger partial charge < -0.3 is 14.6 Å². The number of carbonyl (C=O) groups excluding carboxylic acids is 1. The summed E-state index contributed by atoms with van der Waals surface area (Å²) >= 11 is 0. The van der Waals surface area contributed by atoms with Crippen LogP contribution in [0, 0.1) is 0 Å². The van der Waals surface area contributed by atoms with E-state index in [-0.39, 0.29) is 57.4 Å². The minimum absolute atomic E-state index is 0. The van der Waals surface area contributed by atoms with Crippen LogP contribution in [-0.4, -0.2) is 37.2 Å². The van der Waals surface area contributed by atoms with E-state index in [0.29, 0.717) is 13.2 Å². The smallest absolute Gasteiger partial charge is 0.548 e. The first-order valence-corrected chi connectivity index (χ1v) is 5.24. The summed E-state index contributed by atoms with van der Waals surface area (Å²) in [5.74, 6) is -1.00. The van der Waals surface area contributed by atoms with Crippen LogP contribution in [0.1, 0.15) is 11.6 Å². The standard InChI is InChI=1S/C12H15NO3.K/c1-16-8-11(9-5-3-2-4-6-9)13-7-10(13)12(14)15;/h2-6,10-11H,7-8H2,1H3,(H,14,15);/q;+1/p-1/t10-,11-,13?;/m0./s1. The number of ether oxygens (including phenoxy) is 1. The van der Waals surface area contributed by atoms with Crippen LogP contribution in [0.5, 0.6) is 0 Å². The number of carboxylic acid groups (broad SMARTS) is 1. The van der Waals surface area contributed by atoms with Crippen LogP contribution in [0.25, 0.3) is 0 Å². The third-order valence-corrected chi connectivity index (χ3v) is 2.83. The summed E-state index contributed by atoms with van der Waals surface area (Å²) in [6, 6.07) is 9.33. The average Bonchev–Trinajstić information content (AvgIpc) is 3.07. The number of methoxy groups -OCH3 is 1. The molecule has 86 valence electrons. The van der Waals surface area contributed by atoms with Gasteiger partial charge in [0.2, 0.25) is 0 Å². The second-order valence-corrected chi connectivity index (χ2v) is 3.91. The van der Waals surface area contributed by atoms with Crippen molar-refractivity contribution in [3.8, 4) is 0 Å². The normalized spacial score (nSPS) is 23.6. The van der Waals surface area contributed by atoms with Gasteiger partial charge in [-0.1, -0.05) is 30.3 Å². The Bertz CT molecular complexity index is 371. The number of hydrogen-bond donors (Lipinski definition) is 0. The van der Waals surface area contributed by atoms with Gasteiger partial charge in [-0.05, 0) is 5.56 Å². The summed E-state index contributed by atoms with van der Waals surface area (Å²) in [6.07, 6.45) is 0. The second kappa shape index (κ2) is 6.99. The van der Waals surface area contributed by atoms with Gasteiger partial charge in [-0.15, -0.1) is 0 Å². The predicted octanol–water partition coefficient (Wildman–Crippen LogP) is -3.19. The molecule has 1 aromatic rings. The Labute approximate surface area is 143 Å². The summed E-state index contributed by atoms with van der Waals surface area (Å²) < 4.78 is 5.13. The Kier molecular flexibility index (Phi) is 6.29. The van der Waals surface area contributed by atoms with Gasteiger partial charge in [0.05, 0.1) is 24.7 Å². The molecular weight excluding hydrogens is 245 g/mol. The van der Waals surface area contributed by atoms with Gasteiger partial charge in [0, 0.05) is 13.7 Å². The molecule has 1 heterocycles. The number of benzene rings is 1. The molecule has 0 spiro atoms. The number of carbonyl (C=O) groups is 1. The first-order chi connectivity index (χ1) is 7.74. The molecule has 0 bridgehead atoms. The molecule has 1 aromatic carbocycles. The SMILES string of the molecule is COC[C@@H](c1ccccc1)N1C[C@H]1C(=O)[O-].[K+]. The van der Waals surface area contributed by atoms with Crippen molar-refractivity contribution < 1.29 is 66.0 Å². The molecule has 17 heavy (non-hydrogen) atoms. The van der Waals surface area contributed by atoms with E-state index in [1.807, 2.05) is 35.2 Å². The fourth-order valence-corrected chi connectivity index (χ4v) is 1.92. The Balaban J connectivity index is 0.00000144. The summed E-state index contributed by atoms with van der Waals surface area (Å²) in [4.78, 5) is 12.6. The van der Waals surface area contributed by atoms with E-state index in [1.54, 1.807) is 7.11 Å². The molecular formula is C12H14KNO3. The topological polar surface area (TPSA) is 52.4 Å². The van der Waals surface area contributed by atoms with Gasteiger partial charge in [0.15, 0.2) is 0 Å². The van der Waals surface area contributed by atoms with Crippen molar-refractivity contribution in [1.82, 2.24) is 4.90 Å². The van der Waals surface area contributed by atoms with Crippen molar-refractivity contribution in [2.45, 2.75) is 12.1 Å². The summed E-state index contributed by atoms with van der Waals surface area (Å²) in [5, 5.41) is 10.7. The Morgan fingerprint density at radius 1 is 1.53 bits per heavy atom. The van der Waals surface area contributed by atoms with Crippen LogP contribution in [0.3, 0.4) is 0 Å². The summed E-state index contributed by atoms with van der Waals surface area (Å²) in [6.45, 7) is 1.04. The Morgan fingerprint density at radius 3 is 2.65 bits per heavy atom. The number of nitrogens with zero attached hydrogens (tertiary/aromatic N) is 1. The van der Waals surface area contributed by atoms with Crippen molar-refractivity contribution in [2.24, 2.45) is 0 Å². The monoisotopic (exact) mass is 259 g/mol.